The fourth-order valence-electron chi connectivity index (χ4n) is 2.21. The predicted octanol–water partition coefficient (Wildman–Crippen LogP) is -0.117. The molecule has 2 aliphatic heterocycles. The van der Waals surface area contributed by atoms with Crippen molar-refractivity contribution >= 4 is 22.0 Å². The van der Waals surface area contributed by atoms with Crippen molar-refractivity contribution in [2.75, 3.05) is 32.0 Å². The van der Waals surface area contributed by atoms with Crippen LogP contribution in [0.25, 0.3) is 0 Å². The number of imide groups is 1. The van der Waals surface area contributed by atoms with Gasteiger partial charge in [0.2, 0.25) is 10.0 Å². The molecule has 2 heterocycles. The van der Waals surface area contributed by atoms with Crippen LogP contribution in [-0.2, 0) is 19.6 Å². The molecule has 108 valence electrons. The summed E-state index contributed by atoms with van der Waals surface area (Å²) in [7, 11) is -3.20. The average Bonchev–Trinajstić information content (AvgIpc) is 2.50. The Bertz CT molecular complexity index is 465. The lowest BCUT2D eigenvalue weighted by Crippen LogP contribution is -2.55. The van der Waals surface area contributed by atoms with E-state index in [1.165, 1.54) is 4.31 Å². The summed E-state index contributed by atoms with van der Waals surface area (Å²) in [6.45, 7) is 4.48. The number of nitrogens with zero attached hydrogens (tertiary/aromatic N) is 2. The Balaban J connectivity index is 1.84. The quantitative estimate of drug-likeness (QED) is 0.705. The summed E-state index contributed by atoms with van der Waals surface area (Å²) in [6.07, 6.45) is -0.631. The van der Waals surface area contributed by atoms with Gasteiger partial charge in [-0.1, -0.05) is 13.8 Å². The average molecular weight is 290 g/mol. The highest BCUT2D eigenvalue weighted by Crippen LogP contribution is 2.23. The Kier molecular flexibility index (Phi) is 3.82. The Labute approximate surface area is 112 Å². The van der Waals surface area contributed by atoms with Crippen LogP contribution in [0.15, 0.2) is 0 Å². The van der Waals surface area contributed by atoms with Gasteiger partial charge in [-0.25, -0.2) is 22.4 Å². The monoisotopic (exact) mass is 290 g/mol. The number of amides is 2. The summed E-state index contributed by atoms with van der Waals surface area (Å²) in [6, 6.07) is 0. The van der Waals surface area contributed by atoms with Crippen molar-refractivity contribution in [3.05, 3.63) is 0 Å². The molecule has 0 saturated carbocycles. The summed E-state index contributed by atoms with van der Waals surface area (Å²) in [5, 5.41) is 0. The van der Waals surface area contributed by atoms with E-state index in [4.69, 9.17) is 0 Å². The lowest BCUT2D eigenvalue weighted by molar-refractivity contribution is -0.126. The van der Waals surface area contributed by atoms with Gasteiger partial charge in [-0.15, -0.1) is 0 Å². The molecule has 2 rings (SSSR count). The van der Waals surface area contributed by atoms with E-state index in [1.807, 2.05) is 13.8 Å². The normalized spacial score (nSPS) is 21.9. The maximum absolute atomic E-state index is 11.9. The highest BCUT2D eigenvalue weighted by Gasteiger charge is 2.40. The SMILES string of the molecule is CC(C)CS(=O)(=O)N1CC(CN2C(=O)COC2=O)C1. The van der Waals surface area contributed by atoms with Crippen molar-refractivity contribution < 1.29 is 22.7 Å². The van der Waals surface area contributed by atoms with Crippen LogP contribution >= 0.6 is 0 Å². The molecule has 7 nitrogen and oxygen atoms in total. The third-order valence-corrected chi connectivity index (χ3v) is 5.32. The second kappa shape index (κ2) is 5.09. The molecular weight excluding hydrogens is 272 g/mol. The van der Waals surface area contributed by atoms with Gasteiger partial charge in [-0.2, -0.15) is 0 Å². The molecule has 2 saturated heterocycles. The van der Waals surface area contributed by atoms with Crippen molar-refractivity contribution in [1.82, 2.24) is 9.21 Å². The van der Waals surface area contributed by atoms with E-state index in [0.29, 0.717) is 13.1 Å². The van der Waals surface area contributed by atoms with E-state index in [9.17, 15) is 18.0 Å². The lowest BCUT2D eigenvalue weighted by Gasteiger charge is -2.39. The Hall–Kier alpha value is -1.15. The van der Waals surface area contributed by atoms with Crippen LogP contribution in [0.5, 0.6) is 0 Å². The first-order valence-electron chi connectivity index (χ1n) is 6.24. The van der Waals surface area contributed by atoms with Gasteiger partial charge in [-0.05, 0) is 5.92 Å². The molecule has 2 amide bonds. The van der Waals surface area contributed by atoms with Gasteiger partial charge in [-0.3, -0.25) is 4.79 Å². The zero-order valence-electron chi connectivity index (χ0n) is 11.0. The molecule has 0 N–H and O–H groups in total. The van der Waals surface area contributed by atoms with Gasteiger partial charge in [0.25, 0.3) is 5.91 Å². The molecule has 0 bridgehead atoms. The van der Waals surface area contributed by atoms with Crippen molar-refractivity contribution in [1.29, 1.82) is 0 Å². The first kappa shape index (κ1) is 14.3. The van der Waals surface area contributed by atoms with Crippen molar-refractivity contribution in [2.24, 2.45) is 11.8 Å². The molecule has 0 atom stereocenters. The van der Waals surface area contributed by atoms with Crippen molar-refractivity contribution in [3.8, 4) is 0 Å². The van der Waals surface area contributed by atoms with E-state index in [2.05, 4.69) is 4.74 Å². The first-order chi connectivity index (χ1) is 8.79. The minimum Gasteiger partial charge on any atom is -0.439 e. The van der Waals surface area contributed by atoms with Crippen LogP contribution in [0, 0.1) is 11.8 Å². The standard InChI is InChI=1S/C11H18N2O5S/c1-8(2)7-19(16,17)12-3-9(4-12)5-13-10(14)6-18-11(13)15/h8-9H,3-7H2,1-2H3. The van der Waals surface area contributed by atoms with Crippen LogP contribution < -0.4 is 0 Å². The minimum atomic E-state index is -3.20. The highest BCUT2D eigenvalue weighted by molar-refractivity contribution is 7.89. The largest absolute Gasteiger partial charge is 0.439 e. The number of ether oxygens (including phenoxy) is 1. The van der Waals surface area contributed by atoms with E-state index in [0.717, 1.165) is 4.90 Å². The van der Waals surface area contributed by atoms with Gasteiger partial charge < -0.3 is 4.74 Å². The second-order valence-corrected chi connectivity index (χ2v) is 7.43. The van der Waals surface area contributed by atoms with E-state index >= 15 is 0 Å². The number of rotatable bonds is 5. The maximum Gasteiger partial charge on any atom is 0.417 e. The summed E-state index contributed by atoms with van der Waals surface area (Å²) < 4.78 is 29.8. The van der Waals surface area contributed by atoms with Crippen LogP contribution in [0.2, 0.25) is 0 Å². The molecule has 0 aliphatic carbocycles. The highest BCUT2D eigenvalue weighted by atomic mass is 32.2. The topological polar surface area (TPSA) is 84.0 Å². The fraction of sp³-hybridized carbons (Fsp3) is 0.818. The number of carbonyl (C=O) groups is 2. The first-order valence-corrected chi connectivity index (χ1v) is 7.85. The van der Waals surface area contributed by atoms with Crippen molar-refractivity contribution in [2.45, 2.75) is 13.8 Å². The van der Waals surface area contributed by atoms with Gasteiger partial charge in [0.15, 0.2) is 6.61 Å². The molecule has 8 heteroatoms. The molecule has 2 fully saturated rings. The number of hydrogen-bond donors (Lipinski definition) is 0. The summed E-state index contributed by atoms with van der Waals surface area (Å²) in [5.74, 6) is -0.131. The molecule has 2 aliphatic rings. The molecule has 0 aromatic carbocycles. The lowest BCUT2D eigenvalue weighted by atomic mass is 10.0. The van der Waals surface area contributed by atoms with Gasteiger partial charge in [0.1, 0.15) is 0 Å². The zero-order valence-corrected chi connectivity index (χ0v) is 11.9. The molecular formula is C11H18N2O5S. The number of sulfonamides is 1. The third kappa shape index (κ3) is 3.06. The molecule has 0 radical (unpaired) electrons. The Morgan fingerprint density at radius 1 is 1.32 bits per heavy atom. The van der Waals surface area contributed by atoms with E-state index in [1.54, 1.807) is 0 Å². The van der Waals surface area contributed by atoms with Crippen LogP contribution in [0.1, 0.15) is 13.8 Å². The number of cyclic esters (lactones) is 1. The smallest absolute Gasteiger partial charge is 0.417 e. The summed E-state index contributed by atoms with van der Waals surface area (Å²) in [5.41, 5.74) is 0. The zero-order chi connectivity index (χ0) is 14.2. The molecule has 0 spiro atoms. The number of hydrogen-bond acceptors (Lipinski definition) is 5. The van der Waals surface area contributed by atoms with E-state index in [-0.39, 0.29) is 36.6 Å². The maximum atomic E-state index is 11.9. The number of carbonyl (C=O) groups excluding carboxylic acids is 2. The molecule has 0 aromatic heterocycles. The van der Waals surface area contributed by atoms with Gasteiger partial charge >= 0.3 is 6.09 Å². The fourth-order valence-corrected chi connectivity index (χ4v) is 4.14. The Morgan fingerprint density at radius 2 is 1.95 bits per heavy atom. The van der Waals surface area contributed by atoms with Crippen LogP contribution in [0.3, 0.4) is 0 Å². The van der Waals surface area contributed by atoms with Gasteiger partial charge in [0.05, 0.1) is 5.75 Å². The Morgan fingerprint density at radius 3 is 2.42 bits per heavy atom. The minimum absolute atomic E-state index is 0.0107. The third-order valence-electron chi connectivity index (χ3n) is 3.14. The van der Waals surface area contributed by atoms with Crippen LogP contribution in [-0.4, -0.2) is 61.6 Å². The van der Waals surface area contributed by atoms with Crippen molar-refractivity contribution in [3.63, 3.8) is 0 Å². The summed E-state index contributed by atoms with van der Waals surface area (Å²) >= 11 is 0. The molecule has 0 unspecified atom stereocenters. The van der Waals surface area contributed by atoms with E-state index < -0.39 is 16.1 Å². The summed E-state index contributed by atoms with van der Waals surface area (Å²) in [4.78, 5) is 23.6. The predicted molar refractivity (Wildman–Crippen MR) is 66.7 cm³/mol. The van der Waals surface area contributed by atoms with Crippen LogP contribution in [0.4, 0.5) is 4.79 Å². The molecule has 0 aromatic rings. The molecule has 19 heavy (non-hydrogen) atoms. The second-order valence-electron chi connectivity index (χ2n) is 5.41. The van der Waals surface area contributed by atoms with Gasteiger partial charge in [0, 0.05) is 25.6 Å².